The smallest absolute Gasteiger partial charge is 0.257 e. The number of hydrogen-bond donors (Lipinski definition) is 1. The molecule has 7 heteroatoms. The van der Waals surface area contributed by atoms with Crippen LogP contribution in [0, 0.1) is 17.5 Å². The van der Waals surface area contributed by atoms with Gasteiger partial charge in [0.1, 0.15) is 11.5 Å². The van der Waals surface area contributed by atoms with E-state index in [-0.39, 0.29) is 10.0 Å². The third-order valence-corrected chi connectivity index (χ3v) is 3.57. The van der Waals surface area contributed by atoms with Crippen molar-refractivity contribution in [2.24, 2.45) is 0 Å². The number of halogens is 5. The van der Waals surface area contributed by atoms with E-state index < -0.39 is 29.0 Å². The van der Waals surface area contributed by atoms with Crippen molar-refractivity contribution in [2.75, 3.05) is 5.32 Å². The summed E-state index contributed by atoms with van der Waals surface area (Å²) in [5.74, 6) is -3.32. The Morgan fingerprint density at radius 3 is 2.20 bits per heavy atom. The molecule has 0 aliphatic rings. The molecule has 20 heavy (non-hydrogen) atoms. The van der Waals surface area contributed by atoms with Gasteiger partial charge in [0, 0.05) is 8.95 Å². The Bertz CT molecular complexity index is 668. The highest BCUT2D eigenvalue weighted by molar-refractivity contribution is 9.10. The van der Waals surface area contributed by atoms with Gasteiger partial charge in [-0.1, -0.05) is 15.9 Å². The van der Waals surface area contributed by atoms with Gasteiger partial charge in [0.15, 0.2) is 11.6 Å². The molecule has 0 unspecified atom stereocenters. The van der Waals surface area contributed by atoms with Crippen LogP contribution in [0.2, 0.25) is 0 Å². The van der Waals surface area contributed by atoms with Gasteiger partial charge in [-0.05, 0) is 46.3 Å². The molecule has 1 N–H and O–H groups in total. The molecule has 0 atom stereocenters. The second kappa shape index (κ2) is 5.97. The molecule has 0 fully saturated rings. The predicted octanol–water partition coefficient (Wildman–Crippen LogP) is 4.88. The maximum atomic E-state index is 13.6. The van der Waals surface area contributed by atoms with E-state index >= 15 is 0 Å². The van der Waals surface area contributed by atoms with E-state index in [0.29, 0.717) is 4.47 Å². The van der Waals surface area contributed by atoms with Gasteiger partial charge >= 0.3 is 0 Å². The van der Waals surface area contributed by atoms with Crippen molar-refractivity contribution in [1.82, 2.24) is 0 Å². The molecule has 2 aromatic carbocycles. The van der Waals surface area contributed by atoms with E-state index in [1.165, 1.54) is 6.07 Å². The number of carbonyl (C=O) groups excluding carboxylic acids is 1. The second-order valence-corrected chi connectivity index (χ2v) is 5.59. The molecule has 0 aromatic heterocycles. The Morgan fingerprint density at radius 1 is 1.00 bits per heavy atom. The first-order chi connectivity index (χ1) is 9.38. The summed E-state index contributed by atoms with van der Waals surface area (Å²) >= 11 is 6.00. The van der Waals surface area contributed by atoms with Gasteiger partial charge < -0.3 is 5.32 Å². The van der Waals surface area contributed by atoms with Crippen LogP contribution in [0.25, 0.3) is 0 Å². The molecule has 0 saturated heterocycles. The maximum absolute atomic E-state index is 13.6. The monoisotopic (exact) mass is 407 g/mol. The van der Waals surface area contributed by atoms with Gasteiger partial charge in [-0.3, -0.25) is 4.79 Å². The topological polar surface area (TPSA) is 29.1 Å². The zero-order chi connectivity index (χ0) is 14.9. The average Bonchev–Trinajstić information content (AvgIpc) is 2.36. The first-order valence-corrected chi connectivity index (χ1v) is 6.88. The van der Waals surface area contributed by atoms with Crippen LogP contribution < -0.4 is 5.32 Å². The lowest BCUT2D eigenvalue weighted by Gasteiger charge is -2.09. The highest BCUT2D eigenvalue weighted by Gasteiger charge is 2.17. The van der Waals surface area contributed by atoms with Crippen LogP contribution in [0.1, 0.15) is 10.4 Å². The minimum atomic E-state index is -0.933. The zero-order valence-corrected chi connectivity index (χ0v) is 12.9. The summed E-state index contributed by atoms with van der Waals surface area (Å²) < 4.78 is 40.8. The van der Waals surface area contributed by atoms with Crippen LogP contribution in [0.3, 0.4) is 0 Å². The largest absolute Gasteiger partial charge is 0.317 e. The molecule has 0 spiro atoms. The van der Waals surface area contributed by atoms with Gasteiger partial charge in [-0.25, -0.2) is 13.2 Å². The Hall–Kier alpha value is -1.34. The first-order valence-electron chi connectivity index (χ1n) is 5.29. The van der Waals surface area contributed by atoms with Crippen LogP contribution in [0.4, 0.5) is 18.9 Å². The summed E-state index contributed by atoms with van der Waals surface area (Å²) in [5.41, 5.74) is -0.652. The van der Waals surface area contributed by atoms with Crippen LogP contribution in [0.5, 0.6) is 0 Å². The van der Waals surface area contributed by atoms with E-state index in [9.17, 15) is 18.0 Å². The summed E-state index contributed by atoms with van der Waals surface area (Å²) in [6.45, 7) is 0. The molecule has 2 rings (SSSR count). The fraction of sp³-hybridized carbons (Fsp3) is 0. The Balaban J connectivity index is 2.35. The lowest BCUT2D eigenvalue weighted by molar-refractivity contribution is 0.102. The van der Waals surface area contributed by atoms with Crippen molar-refractivity contribution in [3.8, 4) is 0 Å². The molecular weight excluding hydrogens is 403 g/mol. The van der Waals surface area contributed by atoms with Crippen molar-refractivity contribution in [3.63, 3.8) is 0 Å². The third-order valence-electron chi connectivity index (χ3n) is 2.42. The van der Waals surface area contributed by atoms with Crippen molar-refractivity contribution < 1.29 is 18.0 Å². The van der Waals surface area contributed by atoms with Crippen molar-refractivity contribution >= 4 is 43.5 Å². The Morgan fingerprint density at radius 2 is 1.60 bits per heavy atom. The molecule has 0 aliphatic carbocycles. The molecular formula is C13H6Br2F3NO. The minimum absolute atomic E-state index is 0.0632. The van der Waals surface area contributed by atoms with E-state index in [0.717, 1.165) is 24.3 Å². The zero-order valence-electron chi connectivity index (χ0n) is 9.68. The van der Waals surface area contributed by atoms with Crippen LogP contribution in [-0.2, 0) is 0 Å². The van der Waals surface area contributed by atoms with Gasteiger partial charge in [0.25, 0.3) is 5.91 Å². The van der Waals surface area contributed by atoms with E-state index in [2.05, 4.69) is 37.2 Å². The molecule has 2 nitrogen and oxygen atoms in total. The van der Waals surface area contributed by atoms with Crippen molar-refractivity contribution in [3.05, 3.63) is 62.3 Å². The number of benzene rings is 2. The van der Waals surface area contributed by atoms with Gasteiger partial charge in [0.2, 0.25) is 0 Å². The third kappa shape index (κ3) is 3.21. The standard InChI is InChI=1S/C13H6Br2F3NO/c14-6-3-10(17)12(11(18)4-6)19-13(20)8-5-7(16)1-2-9(8)15/h1-5H,(H,19,20). The van der Waals surface area contributed by atoms with Crippen molar-refractivity contribution in [1.29, 1.82) is 0 Å². The Kier molecular flexibility index (Phi) is 4.49. The van der Waals surface area contributed by atoms with Gasteiger partial charge in [-0.2, -0.15) is 0 Å². The summed E-state index contributed by atoms with van der Waals surface area (Å²) in [7, 11) is 0. The lowest BCUT2D eigenvalue weighted by Crippen LogP contribution is -2.15. The molecule has 0 heterocycles. The normalized spacial score (nSPS) is 10.4. The first kappa shape index (κ1) is 15.1. The van der Waals surface area contributed by atoms with E-state index in [1.807, 2.05) is 0 Å². The summed E-state index contributed by atoms with van der Waals surface area (Å²) in [5, 5.41) is 2.08. The van der Waals surface area contributed by atoms with Gasteiger partial charge in [0.05, 0.1) is 5.56 Å². The number of anilines is 1. The van der Waals surface area contributed by atoms with E-state index in [1.54, 1.807) is 0 Å². The summed E-state index contributed by atoms with van der Waals surface area (Å²) in [6, 6.07) is 5.48. The molecule has 0 saturated carbocycles. The number of rotatable bonds is 2. The highest BCUT2D eigenvalue weighted by Crippen LogP contribution is 2.25. The highest BCUT2D eigenvalue weighted by atomic mass is 79.9. The number of amides is 1. The summed E-state index contributed by atoms with van der Waals surface area (Å²) in [4.78, 5) is 11.9. The van der Waals surface area contributed by atoms with Gasteiger partial charge in [-0.15, -0.1) is 0 Å². The fourth-order valence-electron chi connectivity index (χ4n) is 1.51. The van der Waals surface area contributed by atoms with Crippen LogP contribution in [0.15, 0.2) is 39.3 Å². The average molecular weight is 409 g/mol. The molecule has 1 amide bonds. The molecule has 104 valence electrons. The lowest BCUT2D eigenvalue weighted by atomic mass is 10.2. The fourth-order valence-corrected chi connectivity index (χ4v) is 2.34. The number of hydrogen-bond acceptors (Lipinski definition) is 1. The van der Waals surface area contributed by atoms with Crippen LogP contribution in [-0.4, -0.2) is 5.91 Å². The molecule has 0 aliphatic heterocycles. The van der Waals surface area contributed by atoms with Crippen LogP contribution >= 0.6 is 31.9 Å². The predicted molar refractivity (Wildman–Crippen MR) is 76.1 cm³/mol. The second-order valence-electron chi connectivity index (χ2n) is 3.82. The summed E-state index contributed by atoms with van der Waals surface area (Å²) in [6.07, 6.45) is 0. The SMILES string of the molecule is O=C(Nc1c(F)cc(Br)cc1F)c1cc(F)ccc1Br. The molecule has 2 aromatic rings. The quantitative estimate of drug-likeness (QED) is 0.753. The number of carbonyl (C=O) groups is 1. The Labute approximate surface area is 129 Å². The van der Waals surface area contributed by atoms with E-state index in [4.69, 9.17) is 0 Å². The molecule has 0 radical (unpaired) electrons. The minimum Gasteiger partial charge on any atom is -0.317 e. The maximum Gasteiger partial charge on any atom is 0.257 e. The number of nitrogens with one attached hydrogen (secondary N) is 1. The molecule has 0 bridgehead atoms. The van der Waals surface area contributed by atoms with Crippen molar-refractivity contribution in [2.45, 2.75) is 0 Å².